The van der Waals surface area contributed by atoms with Crippen LogP contribution in [-0.2, 0) is 4.79 Å². The average Bonchev–Trinajstić information content (AvgIpc) is 2.38. The highest BCUT2D eigenvalue weighted by atomic mass is 16.2. The minimum absolute atomic E-state index is 0.245. The Morgan fingerprint density at radius 2 is 1.71 bits per heavy atom. The molecule has 1 amide bonds. The number of likely N-dealkylation sites (tertiary alicyclic amines) is 1. The van der Waals surface area contributed by atoms with Gasteiger partial charge in [0, 0.05) is 19.0 Å². The summed E-state index contributed by atoms with van der Waals surface area (Å²) in [7, 11) is 0. The molecule has 0 aromatic carbocycles. The SMILES string of the molecule is CCCCCCCC(C)C(=O)N1CCCCC1. The van der Waals surface area contributed by atoms with E-state index in [0.29, 0.717) is 5.91 Å². The van der Waals surface area contributed by atoms with E-state index in [1.54, 1.807) is 0 Å². The van der Waals surface area contributed by atoms with Crippen molar-refractivity contribution in [2.75, 3.05) is 13.1 Å². The standard InChI is InChI=1S/C15H29NO/c1-3-4-5-6-8-11-14(2)15(17)16-12-9-7-10-13-16/h14H,3-13H2,1-2H3. The summed E-state index contributed by atoms with van der Waals surface area (Å²) < 4.78 is 0. The van der Waals surface area contributed by atoms with Crippen molar-refractivity contribution in [2.24, 2.45) is 5.92 Å². The Morgan fingerprint density at radius 1 is 1.06 bits per heavy atom. The van der Waals surface area contributed by atoms with Crippen LogP contribution < -0.4 is 0 Å². The first-order valence-corrected chi connectivity index (χ1v) is 7.54. The molecule has 1 aliphatic heterocycles. The quantitative estimate of drug-likeness (QED) is 0.615. The predicted molar refractivity (Wildman–Crippen MR) is 73.0 cm³/mol. The highest BCUT2D eigenvalue weighted by Gasteiger charge is 2.21. The summed E-state index contributed by atoms with van der Waals surface area (Å²) in [5.74, 6) is 0.648. The third kappa shape index (κ3) is 5.56. The Balaban J connectivity index is 2.12. The fraction of sp³-hybridized carbons (Fsp3) is 0.933. The number of piperidine rings is 1. The van der Waals surface area contributed by atoms with Crippen LogP contribution in [0.4, 0.5) is 0 Å². The maximum Gasteiger partial charge on any atom is 0.225 e. The van der Waals surface area contributed by atoms with Gasteiger partial charge in [0.15, 0.2) is 0 Å². The van der Waals surface area contributed by atoms with Crippen LogP contribution in [0, 0.1) is 5.92 Å². The minimum atomic E-state index is 0.245. The molecule has 1 rings (SSSR count). The summed E-state index contributed by atoms with van der Waals surface area (Å²) in [6.07, 6.45) is 11.3. The molecule has 17 heavy (non-hydrogen) atoms. The van der Waals surface area contributed by atoms with Crippen molar-refractivity contribution in [1.82, 2.24) is 4.90 Å². The Hall–Kier alpha value is -0.530. The van der Waals surface area contributed by atoms with E-state index >= 15 is 0 Å². The highest BCUT2D eigenvalue weighted by molar-refractivity contribution is 5.78. The second-order valence-corrected chi connectivity index (χ2v) is 5.49. The lowest BCUT2D eigenvalue weighted by molar-refractivity contribution is -0.136. The maximum atomic E-state index is 12.1. The number of amides is 1. The van der Waals surface area contributed by atoms with Crippen LogP contribution in [-0.4, -0.2) is 23.9 Å². The van der Waals surface area contributed by atoms with Gasteiger partial charge in [0.05, 0.1) is 0 Å². The van der Waals surface area contributed by atoms with E-state index in [1.807, 2.05) is 0 Å². The molecule has 1 atom stereocenters. The van der Waals surface area contributed by atoms with Gasteiger partial charge >= 0.3 is 0 Å². The summed E-state index contributed by atoms with van der Waals surface area (Å²) in [6, 6.07) is 0. The van der Waals surface area contributed by atoms with E-state index in [0.717, 1.165) is 19.5 Å². The molecule has 0 bridgehead atoms. The van der Waals surface area contributed by atoms with Crippen molar-refractivity contribution in [3.63, 3.8) is 0 Å². The van der Waals surface area contributed by atoms with Crippen molar-refractivity contribution in [3.8, 4) is 0 Å². The van der Waals surface area contributed by atoms with Crippen LogP contribution in [0.5, 0.6) is 0 Å². The summed E-state index contributed by atoms with van der Waals surface area (Å²) >= 11 is 0. The van der Waals surface area contributed by atoms with E-state index in [-0.39, 0.29) is 5.92 Å². The third-order valence-electron chi connectivity index (χ3n) is 3.83. The van der Waals surface area contributed by atoms with E-state index in [4.69, 9.17) is 0 Å². The van der Waals surface area contributed by atoms with Gasteiger partial charge in [-0.25, -0.2) is 0 Å². The molecule has 1 aliphatic rings. The minimum Gasteiger partial charge on any atom is -0.342 e. The first kappa shape index (κ1) is 14.5. The lowest BCUT2D eigenvalue weighted by atomic mass is 9.99. The number of hydrogen-bond acceptors (Lipinski definition) is 1. The molecule has 1 heterocycles. The molecule has 0 aliphatic carbocycles. The van der Waals surface area contributed by atoms with Crippen molar-refractivity contribution >= 4 is 5.91 Å². The van der Waals surface area contributed by atoms with E-state index < -0.39 is 0 Å². The summed E-state index contributed by atoms with van der Waals surface area (Å²) in [5.41, 5.74) is 0. The zero-order valence-corrected chi connectivity index (χ0v) is 11.7. The average molecular weight is 239 g/mol. The molecular formula is C15H29NO. The summed E-state index contributed by atoms with van der Waals surface area (Å²) in [6.45, 7) is 6.34. The van der Waals surface area contributed by atoms with Gasteiger partial charge in [0.2, 0.25) is 5.91 Å². The van der Waals surface area contributed by atoms with Crippen molar-refractivity contribution < 1.29 is 4.79 Å². The van der Waals surface area contributed by atoms with E-state index in [1.165, 1.54) is 51.4 Å². The fourth-order valence-corrected chi connectivity index (χ4v) is 2.60. The van der Waals surface area contributed by atoms with Gasteiger partial charge in [-0.2, -0.15) is 0 Å². The van der Waals surface area contributed by atoms with Gasteiger partial charge in [0.25, 0.3) is 0 Å². The second kappa shape index (κ2) is 8.54. The zero-order valence-electron chi connectivity index (χ0n) is 11.7. The van der Waals surface area contributed by atoms with Crippen LogP contribution in [0.25, 0.3) is 0 Å². The maximum absolute atomic E-state index is 12.1. The lowest BCUT2D eigenvalue weighted by Crippen LogP contribution is -2.38. The number of carbonyl (C=O) groups excluding carboxylic acids is 1. The number of rotatable bonds is 7. The topological polar surface area (TPSA) is 20.3 Å². The first-order chi connectivity index (χ1) is 8.25. The van der Waals surface area contributed by atoms with Gasteiger partial charge < -0.3 is 4.90 Å². The summed E-state index contributed by atoms with van der Waals surface area (Å²) in [4.78, 5) is 14.2. The van der Waals surface area contributed by atoms with E-state index in [9.17, 15) is 4.79 Å². The first-order valence-electron chi connectivity index (χ1n) is 7.54. The van der Waals surface area contributed by atoms with Gasteiger partial charge in [-0.3, -0.25) is 4.79 Å². The molecule has 2 nitrogen and oxygen atoms in total. The fourth-order valence-electron chi connectivity index (χ4n) is 2.60. The Bertz CT molecular complexity index is 209. The Labute approximate surface area is 107 Å². The van der Waals surface area contributed by atoms with Crippen LogP contribution in [0.2, 0.25) is 0 Å². The molecule has 100 valence electrons. The highest BCUT2D eigenvalue weighted by Crippen LogP contribution is 2.17. The van der Waals surface area contributed by atoms with Crippen LogP contribution in [0.1, 0.15) is 71.6 Å². The number of hydrogen-bond donors (Lipinski definition) is 0. The molecule has 0 aromatic rings. The molecule has 0 aromatic heterocycles. The van der Waals surface area contributed by atoms with Crippen molar-refractivity contribution in [1.29, 1.82) is 0 Å². The van der Waals surface area contributed by atoms with Gasteiger partial charge in [-0.15, -0.1) is 0 Å². The van der Waals surface area contributed by atoms with Crippen molar-refractivity contribution in [2.45, 2.75) is 71.6 Å². The van der Waals surface area contributed by atoms with Crippen LogP contribution in [0.3, 0.4) is 0 Å². The molecule has 0 spiro atoms. The molecule has 1 unspecified atom stereocenters. The van der Waals surface area contributed by atoms with Crippen LogP contribution >= 0.6 is 0 Å². The lowest BCUT2D eigenvalue weighted by Gasteiger charge is -2.29. The molecule has 1 saturated heterocycles. The van der Waals surface area contributed by atoms with E-state index in [2.05, 4.69) is 18.7 Å². The molecule has 2 heteroatoms. The molecule has 0 saturated carbocycles. The van der Waals surface area contributed by atoms with Crippen LogP contribution in [0.15, 0.2) is 0 Å². The molecule has 0 N–H and O–H groups in total. The summed E-state index contributed by atoms with van der Waals surface area (Å²) in [5, 5.41) is 0. The largest absolute Gasteiger partial charge is 0.342 e. The zero-order chi connectivity index (χ0) is 12.5. The normalized spacial score (nSPS) is 18.1. The van der Waals surface area contributed by atoms with Gasteiger partial charge in [0.1, 0.15) is 0 Å². The molecular weight excluding hydrogens is 210 g/mol. The number of unbranched alkanes of at least 4 members (excludes halogenated alkanes) is 4. The van der Waals surface area contributed by atoms with Gasteiger partial charge in [-0.05, 0) is 25.7 Å². The molecule has 0 radical (unpaired) electrons. The Morgan fingerprint density at radius 3 is 2.35 bits per heavy atom. The predicted octanol–water partition coefficient (Wildman–Crippen LogP) is 4.00. The third-order valence-corrected chi connectivity index (χ3v) is 3.83. The molecule has 1 fully saturated rings. The van der Waals surface area contributed by atoms with Gasteiger partial charge in [-0.1, -0.05) is 46.0 Å². The van der Waals surface area contributed by atoms with Crippen molar-refractivity contribution in [3.05, 3.63) is 0 Å². The number of carbonyl (C=O) groups is 1. The smallest absolute Gasteiger partial charge is 0.225 e. The second-order valence-electron chi connectivity index (χ2n) is 5.49. The number of nitrogens with zero attached hydrogens (tertiary/aromatic N) is 1. The Kier molecular flexibility index (Phi) is 7.30. The monoisotopic (exact) mass is 239 g/mol.